The minimum absolute atomic E-state index is 0.132. The fourth-order valence-corrected chi connectivity index (χ4v) is 2.29. The highest BCUT2D eigenvalue weighted by atomic mass is 16.5. The number of benzene rings is 2. The number of hydrogen-bond acceptors (Lipinski definition) is 3. The molecule has 0 saturated heterocycles. The highest BCUT2D eigenvalue weighted by Gasteiger charge is 2.18. The van der Waals surface area contributed by atoms with Crippen LogP contribution in [0.5, 0.6) is 5.75 Å². The van der Waals surface area contributed by atoms with Gasteiger partial charge < -0.3 is 20.3 Å². The fourth-order valence-electron chi connectivity index (χ4n) is 2.29. The van der Waals surface area contributed by atoms with E-state index in [0.717, 1.165) is 5.56 Å². The monoisotopic (exact) mass is 355 g/mol. The third kappa shape index (κ3) is 5.81. The molecule has 2 rings (SSSR count). The molecule has 138 valence electrons. The van der Waals surface area contributed by atoms with E-state index in [1.54, 1.807) is 43.1 Å². The van der Waals surface area contributed by atoms with Gasteiger partial charge in [-0.2, -0.15) is 0 Å². The number of likely N-dealkylation sites (N-methyl/N-ethyl adjacent to an activating group) is 1. The molecule has 2 aromatic rings. The lowest BCUT2D eigenvalue weighted by molar-refractivity contribution is -0.131. The van der Waals surface area contributed by atoms with E-state index in [9.17, 15) is 9.59 Å². The lowest BCUT2D eigenvalue weighted by atomic mass is 10.2. The second kappa shape index (κ2) is 9.46. The quantitative estimate of drug-likeness (QED) is 0.801. The van der Waals surface area contributed by atoms with Gasteiger partial charge in [-0.05, 0) is 43.7 Å². The van der Waals surface area contributed by atoms with E-state index >= 15 is 0 Å². The molecule has 0 aliphatic rings. The van der Waals surface area contributed by atoms with Crippen LogP contribution in [0, 0.1) is 0 Å². The number of ether oxygens (including phenoxy) is 1. The fraction of sp³-hybridized carbons (Fsp3) is 0.300. The number of amides is 3. The third-order valence-corrected chi connectivity index (χ3v) is 3.93. The Morgan fingerprint density at radius 1 is 1.08 bits per heavy atom. The molecule has 26 heavy (non-hydrogen) atoms. The predicted octanol–water partition coefficient (Wildman–Crippen LogP) is 3.25. The molecule has 3 amide bonds. The number of carbonyl (C=O) groups is 2. The maximum absolute atomic E-state index is 12.0. The molecule has 6 heteroatoms. The van der Waals surface area contributed by atoms with Crippen molar-refractivity contribution in [3.63, 3.8) is 0 Å². The molecule has 2 aromatic carbocycles. The van der Waals surface area contributed by atoms with E-state index in [1.807, 2.05) is 37.3 Å². The van der Waals surface area contributed by atoms with Gasteiger partial charge >= 0.3 is 6.03 Å². The summed E-state index contributed by atoms with van der Waals surface area (Å²) < 4.78 is 5.71. The van der Waals surface area contributed by atoms with Crippen molar-refractivity contribution < 1.29 is 14.3 Å². The minimum atomic E-state index is -0.589. The standard InChI is InChI=1S/C20H25N3O3/c1-4-23(3)19(24)15(2)21-20(25)22-17-10-12-18(13-11-17)26-14-16-8-6-5-7-9-16/h5-13,15H,4,14H2,1-3H3,(H2,21,22,25)/t15-/m1/s1. The topological polar surface area (TPSA) is 70.7 Å². The van der Waals surface area contributed by atoms with Gasteiger partial charge in [-0.15, -0.1) is 0 Å². The number of anilines is 1. The number of nitrogens with zero attached hydrogens (tertiary/aromatic N) is 1. The second-order valence-corrected chi connectivity index (χ2v) is 5.97. The first-order chi connectivity index (χ1) is 12.5. The average Bonchev–Trinajstić information content (AvgIpc) is 2.66. The first-order valence-corrected chi connectivity index (χ1v) is 8.59. The Bertz CT molecular complexity index is 717. The summed E-state index contributed by atoms with van der Waals surface area (Å²) in [5, 5.41) is 5.34. The first kappa shape index (κ1) is 19.3. The van der Waals surface area contributed by atoms with Crippen LogP contribution in [-0.4, -0.2) is 36.5 Å². The summed E-state index contributed by atoms with van der Waals surface area (Å²) in [5.41, 5.74) is 1.71. The Labute approximate surface area is 154 Å². The molecule has 0 unspecified atom stereocenters. The number of rotatable bonds is 7. The van der Waals surface area contributed by atoms with E-state index < -0.39 is 12.1 Å². The molecule has 0 spiro atoms. The molecular weight excluding hydrogens is 330 g/mol. The van der Waals surface area contributed by atoms with Gasteiger partial charge in [-0.1, -0.05) is 30.3 Å². The van der Waals surface area contributed by atoms with Crippen LogP contribution in [0.3, 0.4) is 0 Å². The maximum Gasteiger partial charge on any atom is 0.319 e. The minimum Gasteiger partial charge on any atom is -0.489 e. The molecule has 0 aliphatic heterocycles. The summed E-state index contributed by atoms with van der Waals surface area (Å²) in [6, 6.07) is 16.0. The van der Waals surface area contributed by atoms with Crippen molar-refractivity contribution in [3.8, 4) is 5.75 Å². The van der Waals surface area contributed by atoms with Crippen molar-refractivity contribution in [1.82, 2.24) is 10.2 Å². The van der Waals surface area contributed by atoms with Crippen LogP contribution in [-0.2, 0) is 11.4 Å². The third-order valence-electron chi connectivity index (χ3n) is 3.93. The van der Waals surface area contributed by atoms with Crippen LogP contribution in [0.1, 0.15) is 19.4 Å². The Hall–Kier alpha value is -3.02. The molecule has 2 N–H and O–H groups in total. The molecule has 0 aliphatic carbocycles. The highest BCUT2D eigenvalue weighted by Crippen LogP contribution is 2.17. The van der Waals surface area contributed by atoms with Crippen molar-refractivity contribution in [2.75, 3.05) is 18.9 Å². The molecular formula is C20H25N3O3. The zero-order chi connectivity index (χ0) is 18.9. The average molecular weight is 355 g/mol. The van der Waals surface area contributed by atoms with Crippen molar-refractivity contribution in [2.24, 2.45) is 0 Å². The van der Waals surface area contributed by atoms with Gasteiger partial charge in [0.05, 0.1) is 0 Å². The van der Waals surface area contributed by atoms with Gasteiger partial charge in [0, 0.05) is 19.3 Å². The Morgan fingerprint density at radius 3 is 2.35 bits per heavy atom. The van der Waals surface area contributed by atoms with Gasteiger partial charge in [0.2, 0.25) is 5.91 Å². The predicted molar refractivity (Wildman–Crippen MR) is 102 cm³/mol. The van der Waals surface area contributed by atoms with Crippen LogP contribution < -0.4 is 15.4 Å². The van der Waals surface area contributed by atoms with Crippen molar-refractivity contribution in [2.45, 2.75) is 26.5 Å². The van der Waals surface area contributed by atoms with Crippen molar-refractivity contribution >= 4 is 17.6 Å². The van der Waals surface area contributed by atoms with E-state index in [4.69, 9.17) is 4.74 Å². The molecule has 0 heterocycles. The van der Waals surface area contributed by atoms with Crippen LogP contribution >= 0.6 is 0 Å². The summed E-state index contributed by atoms with van der Waals surface area (Å²) >= 11 is 0. The second-order valence-electron chi connectivity index (χ2n) is 5.97. The lowest BCUT2D eigenvalue weighted by Crippen LogP contribution is -2.46. The van der Waals surface area contributed by atoms with Gasteiger partial charge in [0.1, 0.15) is 18.4 Å². The van der Waals surface area contributed by atoms with Crippen molar-refractivity contribution in [1.29, 1.82) is 0 Å². The normalized spacial score (nSPS) is 11.3. The number of urea groups is 1. The van der Waals surface area contributed by atoms with Crippen LogP contribution in [0.2, 0.25) is 0 Å². The van der Waals surface area contributed by atoms with Gasteiger partial charge in [0.25, 0.3) is 0 Å². The largest absolute Gasteiger partial charge is 0.489 e. The number of carbonyl (C=O) groups excluding carboxylic acids is 2. The van der Waals surface area contributed by atoms with E-state index in [1.165, 1.54) is 0 Å². The summed E-state index contributed by atoms with van der Waals surface area (Å²) in [6.07, 6.45) is 0. The van der Waals surface area contributed by atoms with Crippen molar-refractivity contribution in [3.05, 3.63) is 60.2 Å². The Morgan fingerprint density at radius 2 is 1.73 bits per heavy atom. The molecule has 0 radical (unpaired) electrons. The van der Waals surface area contributed by atoms with Gasteiger partial charge in [-0.3, -0.25) is 4.79 Å². The van der Waals surface area contributed by atoms with Gasteiger partial charge in [-0.25, -0.2) is 4.79 Å². The lowest BCUT2D eigenvalue weighted by Gasteiger charge is -2.20. The molecule has 6 nitrogen and oxygen atoms in total. The SMILES string of the molecule is CCN(C)C(=O)[C@@H](C)NC(=O)Nc1ccc(OCc2ccccc2)cc1. The molecule has 1 atom stereocenters. The highest BCUT2D eigenvalue weighted by molar-refractivity contribution is 5.93. The smallest absolute Gasteiger partial charge is 0.319 e. The molecule has 0 bridgehead atoms. The van der Waals surface area contributed by atoms with Crippen LogP contribution in [0.4, 0.5) is 10.5 Å². The van der Waals surface area contributed by atoms with Crippen LogP contribution in [0.15, 0.2) is 54.6 Å². The number of hydrogen-bond donors (Lipinski definition) is 2. The van der Waals surface area contributed by atoms with E-state index in [-0.39, 0.29) is 5.91 Å². The zero-order valence-corrected chi connectivity index (χ0v) is 15.4. The zero-order valence-electron chi connectivity index (χ0n) is 15.4. The molecule has 0 saturated carbocycles. The number of nitrogens with one attached hydrogen (secondary N) is 2. The van der Waals surface area contributed by atoms with E-state index in [2.05, 4.69) is 10.6 Å². The Kier molecular flexibility index (Phi) is 7.02. The molecule has 0 fully saturated rings. The summed E-state index contributed by atoms with van der Waals surface area (Å²) in [7, 11) is 1.70. The molecule has 0 aromatic heterocycles. The van der Waals surface area contributed by atoms with E-state index in [0.29, 0.717) is 24.6 Å². The van der Waals surface area contributed by atoms with Gasteiger partial charge in [0.15, 0.2) is 0 Å². The first-order valence-electron chi connectivity index (χ1n) is 8.59. The maximum atomic E-state index is 12.0. The summed E-state index contributed by atoms with van der Waals surface area (Å²) in [5.74, 6) is 0.584. The van der Waals surface area contributed by atoms with Crippen LogP contribution in [0.25, 0.3) is 0 Å². The Balaban J connectivity index is 1.82. The summed E-state index contributed by atoms with van der Waals surface area (Å²) in [4.78, 5) is 25.5. The summed E-state index contributed by atoms with van der Waals surface area (Å²) in [6.45, 7) is 4.62.